The molecular weight excluding hydrogens is 469 g/mol. The van der Waals surface area contributed by atoms with Crippen LogP contribution in [0.15, 0.2) is 48.5 Å². The monoisotopic (exact) mass is 491 g/mol. The summed E-state index contributed by atoms with van der Waals surface area (Å²) in [7, 11) is 0. The Morgan fingerprint density at radius 2 is 1.57 bits per heavy atom. The van der Waals surface area contributed by atoms with Crippen LogP contribution in [0.5, 0.6) is 0 Å². The SMILES string of the molecule is CCC(=O)Nc1cccc(C(=O)N2CCN(C(=O)c3ccccc3I)CC2)c1. The first-order valence-corrected chi connectivity index (χ1v) is 10.3. The zero-order chi connectivity index (χ0) is 20.1. The van der Waals surface area contributed by atoms with Gasteiger partial charge in [0.25, 0.3) is 11.8 Å². The summed E-state index contributed by atoms with van der Waals surface area (Å²) in [6, 6.07) is 14.5. The van der Waals surface area contributed by atoms with Crippen LogP contribution in [0.4, 0.5) is 5.69 Å². The lowest BCUT2D eigenvalue weighted by Gasteiger charge is -2.35. The molecule has 6 nitrogen and oxygen atoms in total. The highest BCUT2D eigenvalue weighted by Crippen LogP contribution is 2.17. The van der Waals surface area contributed by atoms with Gasteiger partial charge >= 0.3 is 0 Å². The van der Waals surface area contributed by atoms with E-state index in [1.165, 1.54) is 0 Å². The van der Waals surface area contributed by atoms with E-state index < -0.39 is 0 Å². The van der Waals surface area contributed by atoms with E-state index in [1.54, 1.807) is 41.0 Å². The lowest BCUT2D eigenvalue weighted by Crippen LogP contribution is -2.50. The molecular formula is C21H22IN3O3. The van der Waals surface area contributed by atoms with Crippen LogP contribution in [0.2, 0.25) is 0 Å². The molecule has 28 heavy (non-hydrogen) atoms. The van der Waals surface area contributed by atoms with Gasteiger partial charge in [-0.15, -0.1) is 0 Å². The van der Waals surface area contributed by atoms with Crippen LogP contribution in [-0.2, 0) is 4.79 Å². The van der Waals surface area contributed by atoms with Gasteiger partial charge in [0.05, 0.1) is 5.56 Å². The van der Waals surface area contributed by atoms with E-state index in [4.69, 9.17) is 0 Å². The molecule has 1 N–H and O–H groups in total. The number of nitrogens with one attached hydrogen (secondary N) is 1. The Labute approximate surface area is 178 Å². The number of rotatable bonds is 4. The number of carbonyl (C=O) groups is 3. The quantitative estimate of drug-likeness (QED) is 0.668. The molecule has 3 rings (SSSR count). The molecule has 3 amide bonds. The zero-order valence-electron chi connectivity index (χ0n) is 15.7. The molecule has 2 aromatic rings. The Kier molecular flexibility index (Phi) is 6.66. The lowest BCUT2D eigenvalue weighted by atomic mass is 10.1. The van der Waals surface area contributed by atoms with E-state index in [0.717, 1.165) is 3.57 Å². The molecule has 2 aromatic carbocycles. The van der Waals surface area contributed by atoms with Crippen molar-refractivity contribution in [1.29, 1.82) is 0 Å². The fourth-order valence-corrected chi connectivity index (χ4v) is 3.70. The summed E-state index contributed by atoms with van der Waals surface area (Å²) in [5.74, 6) is -0.178. The number of anilines is 1. The van der Waals surface area contributed by atoms with Crippen LogP contribution in [0.3, 0.4) is 0 Å². The van der Waals surface area contributed by atoms with Gasteiger partial charge in [0.15, 0.2) is 0 Å². The normalized spacial score (nSPS) is 13.9. The third kappa shape index (κ3) is 4.70. The molecule has 0 aliphatic carbocycles. The first kappa shape index (κ1) is 20.3. The molecule has 1 saturated heterocycles. The van der Waals surface area contributed by atoms with Gasteiger partial charge in [-0.25, -0.2) is 0 Å². The van der Waals surface area contributed by atoms with Crippen LogP contribution in [0, 0.1) is 3.57 Å². The number of hydrogen-bond donors (Lipinski definition) is 1. The van der Waals surface area contributed by atoms with E-state index in [9.17, 15) is 14.4 Å². The molecule has 0 unspecified atom stereocenters. The minimum Gasteiger partial charge on any atom is -0.335 e. The molecule has 1 fully saturated rings. The number of carbonyl (C=O) groups excluding carboxylic acids is 3. The van der Waals surface area contributed by atoms with Crippen LogP contribution < -0.4 is 5.32 Å². The van der Waals surface area contributed by atoms with Crippen molar-refractivity contribution >= 4 is 46.0 Å². The van der Waals surface area contributed by atoms with Gasteiger partial charge in [-0.05, 0) is 52.9 Å². The summed E-state index contributed by atoms with van der Waals surface area (Å²) >= 11 is 2.17. The van der Waals surface area contributed by atoms with Crippen molar-refractivity contribution < 1.29 is 14.4 Å². The maximum atomic E-state index is 12.8. The summed E-state index contributed by atoms with van der Waals surface area (Å²) in [5.41, 5.74) is 1.85. The summed E-state index contributed by atoms with van der Waals surface area (Å²) in [4.78, 5) is 40.6. The zero-order valence-corrected chi connectivity index (χ0v) is 17.8. The number of halogens is 1. The van der Waals surface area contributed by atoms with Gasteiger partial charge in [-0.2, -0.15) is 0 Å². The summed E-state index contributed by atoms with van der Waals surface area (Å²) in [6.07, 6.45) is 0.383. The fraction of sp³-hybridized carbons (Fsp3) is 0.286. The van der Waals surface area contributed by atoms with Crippen LogP contribution in [0.1, 0.15) is 34.1 Å². The molecule has 0 saturated carbocycles. The molecule has 0 radical (unpaired) electrons. The number of benzene rings is 2. The first-order chi connectivity index (χ1) is 13.5. The van der Waals surface area contributed by atoms with Gasteiger partial charge in [0.2, 0.25) is 5.91 Å². The van der Waals surface area contributed by atoms with E-state index in [2.05, 4.69) is 27.9 Å². The Bertz CT molecular complexity index is 892. The maximum absolute atomic E-state index is 12.8. The van der Waals surface area contributed by atoms with Gasteiger partial charge < -0.3 is 15.1 Å². The molecule has 146 valence electrons. The second-order valence-corrected chi connectivity index (χ2v) is 7.71. The summed E-state index contributed by atoms with van der Waals surface area (Å²) in [5, 5.41) is 2.77. The molecule has 1 aliphatic rings. The largest absolute Gasteiger partial charge is 0.335 e. The topological polar surface area (TPSA) is 69.7 Å². The van der Waals surface area contributed by atoms with Crippen LogP contribution in [0.25, 0.3) is 0 Å². The Balaban J connectivity index is 1.62. The molecule has 7 heteroatoms. The van der Waals surface area contributed by atoms with Crippen molar-refractivity contribution in [2.24, 2.45) is 0 Å². The highest BCUT2D eigenvalue weighted by atomic mass is 127. The van der Waals surface area contributed by atoms with Gasteiger partial charge in [0, 0.05) is 47.4 Å². The van der Waals surface area contributed by atoms with E-state index in [-0.39, 0.29) is 17.7 Å². The minimum absolute atomic E-state index is 0.00127. The van der Waals surface area contributed by atoms with Gasteiger partial charge in [-0.1, -0.05) is 25.1 Å². The van der Waals surface area contributed by atoms with Crippen molar-refractivity contribution in [2.45, 2.75) is 13.3 Å². The third-order valence-corrected chi connectivity index (χ3v) is 5.61. The maximum Gasteiger partial charge on any atom is 0.255 e. The van der Waals surface area contributed by atoms with E-state index in [1.807, 2.05) is 24.3 Å². The molecule has 0 atom stereocenters. The predicted molar refractivity (Wildman–Crippen MR) is 116 cm³/mol. The molecule has 0 aromatic heterocycles. The number of piperazine rings is 1. The Hall–Kier alpha value is -2.42. The van der Waals surface area contributed by atoms with E-state index >= 15 is 0 Å². The van der Waals surface area contributed by atoms with Crippen LogP contribution >= 0.6 is 22.6 Å². The number of hydrogen-bond acceptors (Lipinski definition) is 3. The average molecular weight is 491 g/mol. The van der Waals surface area contributed by atoms with Crippen LogP contribution in [-0.4, -0.2) is 53.7 Å². The van der Waals surface area contributed by atoms with Crippen molar-refractivity contribution in [3.63, 3.8) is 0 Å². The van der Waals surface area contributed by atoms with E-state index in [0.29, 0.717) is 49.4 Å². The Morgan fingerprint density at radius 3 is 2.21 bits per heavy atom. The lowest BCUT2D eigenvalue weighted by molar-refractivity contribution is -0.115. The summed E-state index contributed by atoms with van der Waals surface area (Å²) < 4.78 is 0.926. The molecule has 0 bridgehead atoms. The number of amides is 3. The molecule has 1 heterocycles. The van der Waals surface area contributed by atoms with Crippen molar-refractivity contribution in [2.75, 3.05) is 31.5 Å². The van der Waals surface area contributed by atoms with Crippen molar-refractivity contribution in [3.8, 4) is 0 Å². The third-order valence-electron chi connectivity index (χ3n) is 4.67. The van der Waals surface area contributed by atoms with Gasteiger partial charge in [0.1, 0.15) is 0 Å². The number of nitrogens with zero attached hydrogens (tertiary/aromatic N) is 2. The van der Waals surface area contributed by atoms with Crippen molar-refractivity contribution in [3.05, 3.63) is 63.2 Å². The highest BCUT2D eigenvalue weighted by molar-refractivity contribution is 14.1. The Morgan fingerprint density at radius 1 is 0.929 bits per heavy atom. The molecule has 0 spiro atoms. The first-order valence-electron chi connectivity index (χ1n) is 9.22. The van der Waals surface area contributed by atoms with Gasteiger partial charge in [-0.3, -0.25) is 14.4 Å². The smallest absolute Gasteiger partial charge is 0.255 e. The van der Waals surface area contributed by atoms with Crippen molar-refractivity contribution in [1.82, 2.24) is 9.80 Å². The second kappa shape index (κ2) is 9.18. The highest BCUT2D eigenvalue weighted by Gasteiger charge is 2.26. The predicted octanol–water partition coefficient (Wildman–Crippen LogP) is 3.24. The minimum atomic E-state index is -0.0905. The fourth-order valence-electron chi connectivity index (χ4n) is 3.08. The molecule has 1 aliphatic heterocycles. The standard InChI is InChI=1S/C21H22IN3O3/c1-2-19(26)23-16-7-5-6-15(14-16)20(27)24-10-12-25(13-11-24)21(28)17-8-3-4-9-18(17)22/h3-9,14H,2,10-13H2,1H3,(H,23,26). The average Bonchev–Trinajstić information content (AvgIpc) is 2.73. The summed E-state index contributed by atoms with van der Waals surface area (Å²) in [6.45, 7) is 3.75. The second-order valence-electron chi connectivity index (χ2n) is 6.55.